The van der Waals surface area contributed by atoms with Gasteiger partial charge in [-0.05, 0) is 49.7 Å². The summed E-state index contributed by atoms with van der Waals surface area (Å²) in [6.45, 7) is 3.43. The molecule has 1 aromatic heterocycles. The number of aromatic nitrogens is 1. The number of hydrogen-bond acceptors (Lipinski definition) is 2. The minimum Gasteiger partial charge on any atom is -0.545 e. The summed E-state index contributed by atoms with van der Waals surface area (Å²) in [5.74, 6) is -1.27. The fraction of sp³-hybridized carbons (Fsp3) is 0.304. The van der Waals surface area contributed by atoms with Gasteiger partial charge >= 0.3 is 6.97 Å². The minimum absolute atomic E-state index is 0.0917. The third-order valence-corrected chi connectivity index (χ3v) is 6.10. The summed E-state index contributed by atoms with van der Waals surface area (Å²) in [6, 6.07) is 6.92. The molecule has 0 unspecified atom stereocenters. The molecule has 0 bridgehead atoms. The van der Waals surface area contributed by atoms with Crippen molar-refractivity contribution in [3.8, 4) is 0 Å². The number of rotatable bonds is 4. The molecular formula is C23H26BF2N3O2. The van der Waals surface area contributed by atoms with Crippen LogP contribution < -0.4 is 10.0 Å². The van der Waals surface area contributed by atoms with Gasteiger partial charge < -0.3 is 32.4 Å². The maximum Gasteiger partial charge on any atom is 0.737 e. The van der Waals surface area contributed by atoms with Gasteiger partial charge in [0.05, 0.1) is 25.6 Å². The van der Waals surface area contributed by atoms with Crippen molar-refractivity contribution in [3.63, 3.8) is 0 Å². The average molecular weight is 425 g/mol. The molecule has 0 aliphatic carbocycles. The number of quaternary nitrogens is 1. The Morgan fingerprint density at radius 3 is 2.45 bits per heavy atom. The van der Waals surface area contributed by atoms with Gasteiger partial charge in [0.1, 0.15) is 12.3 Å². The third kappa shape index (κ3) is 3.08. The summed E-state index contributed by atoms with van der Waals surface area (Å²) in [6.07, 6.45) is 1.76. The second kappa shape index (κ2) is 7.02. The monoisotopic (exact) mass is 425 g/mol. The Balaban J connectivity index is 2.08. The van der Waals surface area contributed by atoms with Crippen molar-refractivity contribution in [2.24, 2.45) is 0 Å². The second-order valence-corrected chi connectivity index (χ2v) is 8.88. The summed E-state index contributed by atoms with van der Waals surface area (Å²) in [5.41, 5.74) is 5.24. The molecule has 0 amide bonds. The van der Waals surface area contributed by atoms with Crippen molar-refractivity contribution in [1.82, 2.24) is 4.48 Å². The van der Waals surface area contributed by atoms with Crippen LogP contribution in [0.5, 0.6) is 0 Å². The van der Waals surface area contributed by atoms with E-state index in [1.54, 1.807) is 38.1 Å². The first kappa shape index (κ1) is 21.2. The van der Waals surface area contributed by atoms with Gasteiger partial charge in [0.2, 0.25) is 0 Å². The normalized spacial score (nSPS) is 17.3. The van der Waals surface area contributed by atoms with Gasteiger partial charge in [-0.25, -0.2) is 0 Å². The zero-order valence-electron chi connectivity index (χ0n) is 18.6. The van der Waals surface area contributed by atoms with Crippen LogP contribution in [0.1, 0.15) is 52.3 Å². The highest BCUT2D eigenvalue weighted by molar-refractivity contribution is 6.58. The van der Waals surface area contributed by atoms with Gasteiger partial charge in [-0.3, -0.25) is 0 Å². The number of carbonyl (C=O) groups is 1. The van der Waals surface area contributed by atoms with Gasteiger partial charge in [0.25, 0.3) is 0 Å². The van der Waals surface area contributed by atoms with E-state index in [2.05, 4.69) is 0 Å². The Morgan fingerprint density at radius 1 is 1.16 bits per heavy atom. The highest BCUT2D eigenvalue weighted by atomic mass is 19.2. The number of hydrogen-bond donors (Lipinski definition) is 1. The van der Waals surface area contributed by atoms with E-state index >= 15 is 8.63 Å². The first-order valence-electron chi connectivity index (χ1n) is 10.4. The smallest absolute Gasteiger partial charge is 0.545 e. The maximum atomic E-state index is 15.7. The number of carbonyl (C=O) groups excluding carboxylic acids is 1. The minimum atomic E-state index is -4.07. The molecule has 162 valence electrons. The van der Waals surface area contributed by atoms with Crippen LogP contribution in [0.15, 0.2) is 41.6 Å². The highest BCUT2D eigenvalue weighted by Crippen LogP contribution is 2.44. The number of aromatic carboxylic acids is 1. The summed E-state index contributed by atoms with van der Waals surface area (Å²) < 4.78 is 33.6. The van der Waals surface area contributed by atoms with Crippen LogP contribution in [-0.4, -0.2) is 41.7 Å². The van der Waals surface area contributed by atoms with Crippen LogP contribution in [0.2, 0.25) is 0 Å². The predicted molar refractivity (Wildman–Crippen MR) is 115 cm³/mol. The van der Waals surface area contributed by atoms with Crippen LogP contribution >= 0.6 is 0 Å². The van der Waals surface area contributed by atoms with Crippen LogP contribution in [0, 0.1) is 13.8 Å². The predicted octanol–water partition coefficient (Wildman–Crippen LogP) is 1.54. The number of allylic oxidation sites excluding steroid dienone is 2. The lowest BCUT2D eigenvalue weighted by atomic mass is 9.83. The molecule has 2 aliphatic heterocycles. The molecule has 4 rings (SSSR count). The zero-order valence-corrected chi connectivity index (χ0v) is 18.6. The van der Waals surface area contributed by atoms with Crippen LogP contribution in [0.3, 0.4) is 0 Å². The van der Waals surface area contributed by atoms with Gasteiger partial charge in [-0.1, -0.05) is 12.1 Å². The van der Waals surface area contributed by atoms with Gasteiger partial charge in [0, 0.05) is 35.4 Å². The largest absolute Gasteiger partial charge is 0.737 e. The van der Waals surface area contributed by atoms with E-state index in [1.807, 2.05) is 34.0 Å². The van der Waals surface area contributed by atoms with E-state index in [9.17, 15) is 9.90 Å². The lowest BCUT2D eigenvalue weighted by Crippen LogP contribution is -3.04. The fourth-order valence-corrected chi connectivity index (χ4v) is 5.03. The first-order chi connectivity index (χ1) is 14.4. The molecule has 0 saturated heterocycles. The molecule has 3 heterocycles. The molecule has 2 aliphatic rings. The van der Waals surface area contributed by atoms with E-state index in [1.165, 1.54) is 0 Å². The first-order valence-corrected chi connectivity index (χ1v) is 10.4. The Hall–Kier alpha value is -3.00. The molecule has 0 fully saturated rings. The van der Waals surface area contributed by atoms with Crippen molar-refractivity contribution in [2.75, 3.05) is 14.1 Å². The lowest BCUT2D eigenvalue weighted by molar-refractivity contribution is -0.872. The molecule has 5 nitrogen and oxygen atoms in total. The maximum absolute atomic E-state index is 15.7. The van der Waals surface area contributed by atoms with E-state index in [0.717, 1.165) is 25.0 Å². The van der Waals surface area contributed by atoms with Crippen LogP contribution in [0.25, 0.3) is 5.57 Å². The summed E-state index contributed by atoms with van der Waals surface area (Å²) in [7, 11) is 3.87. The van der Waals surface area contributed by atoms with E-state index in [-0.39, 0.29) is 5.56 Å². The molecule has 2 aromatic rings. The van der Waals surface area contributed by atoms with Crippen molar-refractivity contribution in [2.45, 2.75) is 34.2 Å². The molecule has 8 heteroatoms. The van der Waals surface area contributed by atoms with Gasteiger partial charge in [0.15, 0.2) is 5.70 Å². The Kier molecular flexibility index (Phi) is 4.81. The second-order valence-electron chi connectivity index (χ2n) is 8.88. The van der Waals surface area contributed by atoms with Gasteiger partial charge in [-0.2, -0.15) is 0 Å². The fourth-order valence-electron chi connectivity index (χ4n) is 5.03. The molecule has 0 saturated carbocycles. The van der Waals surface area contributed by atoms with Gasteiger partial charge in [-0.15, -0.1) is 0 Å². The number of halogens is 2. The number of benzene rings is 1. The van der Waals surface area contributed by atoms with Crippen LogP contribution in [-0.2, 0) is 6.54 Å². The molecule has 0 atom stereocenters. The Morgan fingerprint density at radius 2 is 1.84 bits per heavy atom. The Labute approximate surface area is 180 Å². The third-order valence-electron chi connectivity index (χ3n) is 6.10. The SMILES string of the molecule is CC1=CC(C)=[N+]2C1=C(c1ccc(C[NH+](C)C)c(C(=O)[O-])c1)c1c(C)cc(C)n1[B-]2(F)F. The zero-order chi connectivity index (χ0) is 22.8. The quantitative estimate of drug-likeness (QED) is 0.756. The topological polar surface area (TPSA) is 52.5 Å². The van der Waals surface area contributed by atoms with Crippen molar-refractivity contribution in [1.29, 1.82) is 0 Å². The molecule has 1 N–H and O–H groups in total. The summed E-state index contributed by atoms with van der Waals surface area (Å²) >= 11 is 0. The molecule has 0 spiro atoms. The molecule has 1 aromatic carbocycles. The number of nitrogens with zero attached hydrogens (tertiary/aromatic N) is 2. The Bertz CT molecular complexity index is 1240. The van der Waals surface area contributed by atoms with E-state index in [0.29, 0.717) is 46.0 Å². The number of nitrogens with one attached hydrogen (secondary N) is 1. The van der Waals surface area contributed by atoms with E-state index < -0.39 is 12.9 Å². The molecular weight excluding hydrogens is 399 g/mol. The van der Waals surface area contributed by atoms with Crippen molar-refractivity contribution >= 4 is 24.2 Å². The standard InChI is InChI=1S/C23H26BF2N3O2/c1-13-9-15(3)28-21(13)20(22-14(2)10-16(4)29(22)24(28,25)26)17-7-8-18(12-27(5)6)19(11-17)23(30)31/h7-11H,12H2,1-6H3,(H,30,31). The van der Waals surface area contributed by atoms with E-state index in [4.69, 9.17) is 0 Å². The summed E-state index contributed by atoms with van der Waals surface area (Å²) in [5, 5.41) is 11.9. The number of fused-ring (bicyclic) bond motifs is 2. The lowest BCUT2D eigenvalue weighted by Gasteiger charge is -2.34. The number of carboxylic acids is 1. The highest BCUT2D eigenvalue weighted by Gasteiger charge is 2.55. The number of aryl methyl sites for hydroxylation is 2. The summed E-state index contributed by atoms with van der Waals surface area (Å²) in [4.78, 5) is 13.0. The van der Waals surface area contributed by atoms with Crippen molar-refractivity contribution < 1.29 is 27.9 Å². The average Bonchev–Trinajstić information content (AvgIpc) is 3.12. The molecule has 31 heavy (non-hydrogen) atoms. The van der Waals surface area contributed by atoms with Crippen LogP contribution in [0.4, 0.5) is 8.63 Å². The van der Waals surface area contributed by atoms with Crippen molar-refractivity contribution in [3.05, 3.63) is 75.3 Å². The number of carboxylic acid groups (broad SMARTS) is 1. The molecule has 0 radical (unpaired) electrons.